The predicted molar refractivity (Wildman–Crippen MR) is 109 cm³/mol. The van der Waals surface area contributed by atoms with Crippen LogP contribution in [0.25, 0.3) is 16.5 Å². The number of ether oxygens (including phenoxy) is 1. The summed E-state index contributed by atoms with van der Waals surface area (Å²) in [5.74, 6) is -1.53. The third kappa shape index (κ3) is 4.19. The summed E-state index contributed by atoms with van der Waals surface area (Å²) in [6.45, 7) is 5.57. The van der Waals surface area contributed by atoms with Gasteiger partial charge in [-0.2, -0.15) is 9.78 Å². The zero-order valence-corrected chi connectivity index (χ0v) is 17.0. The van der Waals surface area contributed by atoms with Crippen LogP contribution in [0.15, 0.2) is 34.4 Å². The maximum Gasteiger partial charge on any atom is 0.359 e. The average molecular weight is 417 g/mol. The summed E-state index contributed by atoms with van der Waals surface area (Å²) in [5, 5.41) is 8.99. The van der Waals surface area contributed by atoms with Crippen LogP contribution in [0.3, 0.4) is 0 Å². The molecule has 0 bridgehead atoms. The molecule has 9 heteroatoms. The Kier molecular flexibility index (Phi) is 6.07. The van der Waals surface area contributed by atoms with Crippen LogP contribution in [0.1, 0.15) is 37.7 Å². The number of nitrogens with zero attached hydrogens (tertiary/aromatic N) is 2. The number of carbonyl (C=O) groups excluding carboxylic acids is 2. The van der Waals surface area contributed by atoms with E-state index in [0.717, 1.165) is 16.0 Å². The molecular weight excluding hydrogens is 397 g/mol. The van der Waals surface area contributed by atoms with E-state index in [9.17, 15) is 18.8 Å². The van der Waals surface area contributed by atoms with Gasteiger partial charge in [0.05, 0.1) is 12.0 Å². The molecule has 0 unspecified atom stereocenters. The van der Waals surface area contributed by atoms with Crippen molar-refractivity contribution in [2.45, 2.75) is 27.2 Å². The number of aromatic nitrogens is 2. The molecule has 0 fully saturated rings. The van der Waals surface area contributed by atoms with E-state index < -0.39 is 17.3 Å². The number of para-hydroxylation sites is 1. The second-order valence-electron chi connectivity index (χ2n) is 6.74. The molecule has 0 aliphatic heterocycles. The monoisotopic (exact) mass is 417 g/mol. The number of thiophene rings is 1. The zero-order chi connectivity index (χ0) is 21.1. The van der Waals surface area contributed by atoms with E-state index in [2.05, 4.69) is 10.4 Å². The lowest BCUT2D eigenvalue weighted by Crippen LogP contribution is -2.26. The van der Waals surface area contributed by atoms with Gasteiger partial charge in [-0.15, -0.1) is 11.3 Å². The highest BCUT2D eigenvalue weighted by Crippen LogP contribution is 2.31. The highest BCUT2D eigenvalue weighted by molar-refractivity contribution is 7.16. The van der Waals surface area contributed by atoms with Gasteiger partial charge >= 0.3 is 5.97 Å². The van der Waals surface area contributed by atoms with Crippen molar-refractivity contribution in [1.29, 1.82) is 0 Å². The molecule has 2 aromatic heterocycles. The SMILES string of the molecule is CCOC(=O)c1nn(-c2ccccc2F)c(=O)c2c(NC(=O)CC(C)C)scc12. The van der Waals surface area contributed by atoms with Crippen molar-refractivity contribution >= 4 is 39.0 Å². The molecule has 1 amide bonds. The predicted octanol–water partition coefficient (Wildman–Crippen LogP) is 3.75. The van der Waals surface area contributed by atoms with Crippen LogP contribution in [0, 0.1) is 11.7 Å². The Morgan fingerprint density at radius 3 is 2.69 bits per heavy atom. The summed E-state index contributed by atoms with van der Waals surface area (Å²) in [6, 6.07) is 5.61. The summed E-state index contributed by atoms with van der Waals surface area (Å²) >= 11 is 1.10. The topological polar surface area (TPSA) is 90.3 Å². The first-order chi connectivity index (χ1) is 13.8. The van der Waals surface area contributed by atoms with Gasteiger partial charge in [0.2, 0.25) is 5.91 Å². The summed E-state index contributed by atoms with van der Waals surface area (Å²) in [7, 11) is 0. The number of carbonyl (C=O) groups is 2. The standard InChI is InChI=1S/C20H20FN3O4S/c1-4-28-20(27)17-12-10-29-18(22-15(25)9-11(2)3)16(12)19(26)24(23-17)14-8-6-5-7-13(14)21/h5-8,10-11H,4,9H2,1-3H3,(H,22,25). The molecule has 2 heterocycles. The number of hydrogen-bond acceptors (Lipinski definition) is 6. The molecule has 0 saturated carbocycles. The van der Waals surface area contributed by atoms with Crippen LogP contribution in [0.4, 0.5) is 9.39 Å². The third-order valence-corrected chi connectivity index (χ3v) is 4.94. The summed E-state index contributed by atoms with van der Waals surface area (Å²) in [4.78, 5) is 37.8. The summed E-state index contributed by atoms with van der Waals surface area (Å²) < 4.78 is 20.2. The molecule has 0 saturated heterocycles. The molecule has 1 N–H and O–H groups in total. The molecule has 0 atom stereocenters. The second-order valence-corrected chi connectivity index (χ2v) is 7.62. The van der Waals surface area contributed by atoms with Crippen molar-refractivity contribution in [3.8, 4) is 5.69 Å². The third-order valence-electron chi connectivity index (χ3n) is 4.05. The van der Waals surface area contributed by atoms with E-state index in [1.807, 2.05) is 13.8 Å². The Hall–Kier alpha value is -3.07. The first kappa shape index (κ1) is 20.7. The summed E-state index contributed by atoms with van der Waals surface area (Å²) in [6.07, 6.45) is 0.275. The van der Waals surface area contributed by atoms with Gasteiger partial charge in [0.25, 0.3) is 5.56 Å². The van der Waals surface area contributed by atoms with Crippen LogP contribution >= 0.6 is 11.3 Å². The molecule has 3 rings (SSSR count). The molecule has 0 radical (unpaired) electrons. The minimum absolute atomic E-state index is 0.0911. The van der Waals surface area contributed by atoms with Crippen LogP contribution in [0.5, 0.6) is 0 Å². The lowest BCUT2D eigenvalue weighted by Gasteiger charge is -2.10. The fraction of sp³-hybridized carbons (Fsp3) is 0.300. The first-order valence-electron chi connectivity index (χ1n) is 9.09. The van der Waals surface area contributed by atoms with Gasteiger partial charge in [-0.05, 0) is 25.0 Å². The number of rotatable bonds is 6. The smallest absolute Gasteiger partial charge is 0.359 e. The highest BCUT2D eigenvalue weighted by atomic mass is 32.1. The molecule has 0 aliphatic rings. The normalized spacial score (nSPS) is 11.1. The second kappa shape index (κ2) is 8.52. The molecule has 0 aliphatic carbocycles. The van der Waals surface area contributed by atoms with Gasteiger partial charge in [-0.1, -0.05) is 26.0 Å². The number of esters is 1. The maximum absolute atomic E-state index is 14.3. The minimum Gasteiger partial charge on any atom is -0.461 e. The molecule has 7 nitrogen and oxygen atoms in total. The highest BCUT2D eigenvalue weighted by Gasteiger charge is 2.24. The van der Waals surface area contributed by atoms with Gasteiger partial charge in [0.1, 0.15) is 16.5 Å². The number of hydrogen-bond donors (Lipinski definition) is 1. The van der Waals surface area contributed by atoms with Gasteiger partial charge in [0.15, 0.2) is 5.69 Å². The zero-order valence-electron chi connectivity index (χ0n) is 16.2. The Bertz CT molecular complexity index is 1140. The molecular formula is C20H20FN3O4S. The van der Waals surface area contributed by atoms with Crippen molar-refractivity contribution in [3.05, 3.63) is 51.5 Å². The lowest BCUT2D eigenvalue weighted by molar-refractivity contribution is -0.116. The maximum atomic E-state index is 14.3. The Morgan fingerprint density at radius 1 is 1.31 bits per heavy atom. The van der Waals surface area contributed by atoms with E-state index in [1.54, 1.807) is 18.4 Å². The number of amides is 1. The number of nitrogens with one attached hydrogen (secondary N) is 1. The van der Waals surface area contributed by atoms with Crippen molar-refractivity contribution in [2.75, 3.05) is 11.9 Å². The molecule has 29 heavy (non-hydrogen) atoms. The van der Waals surface area contributed by atoms with Crippen LogP contribution in [-0.2, 0) is 9.53 Å². The Morgan fingerprint density at radius 2 is 2.03 bits per heavy atom. The quantitative estimate of drug-likeness (QED) is 0.617. The van der Waals surface area contributed by atoms with Gasteiger partial charge in [-0.3, -0.25) is 9.59 Å². The number of anilines is 1. The van der Waals surface area contributed by atoms with E-state index in [4.69, 9.17) is 4.74 Å². The fourth-order valence-corrected chi connectivity index (χ4v) is 3.78. The van der Waals surface area contributed by atoms with Gasteiger partial charge < -0.3 is 10.1 Å². The van der Waals surface area contributed by atoms with Crippen LogP contribution < -0.4 is 10.9 Å². The van der Waals surface area contributed by atoms with Crippen molar-refractivity contribution in [3.63, 3.8) is 0 Å². The van der Waals surface area contributed by atoms with Crippen molar-refractivity contribution in [1.82, 2.24) is 9.78 Å². The Balaban J connectivity index is 2.24. The molecule has 0 spiro atoms. The first-order valence-corrected chi connectivity index (χ1v) is 9.97. The van der Waals surface area contributed by atoms with E-state index in [1.165, 1.54) is 18.2 Å². The van der Waals surface area contributed by atoms with E-state index in [0.29, 0.717) is 0 Å². The average Bonchev–Trinajstić information content (AvgIpc) is 3.06. The van der Waals surface area contributed by atoms with E-state index >= 15 is 0 Å². The van der Waals surface area contributed by atoms with Gasteiger partial charge in [0, 0.05) is 17.2 Å². The number of halogens is 1. The van der Waals surface area contributed by atoms with Crippen LogP contribution in [-0.4, -0.2) is 28.3 Å². The number of fused-ring (bicyclic) bond motifs is 1. The largest absolute Gasteiger partial charge is 0.461 e. The Labute approximate surface area is 170 Å². The molecule has 1 aromatic carbocycles. The van der Waals surface area contributed by atoms with Crippen LogP contribution in [0.2, 0.25) is 0 Å². The molecule has 152 valence electrons. The van der Waals surface area contributed by atoms with E-state index in [-0.39, 0.29) is 52.0 Å². The van der Waals surface area contributed by atoms with Crippen molar-refractivity contribution < 1.29 is 18.7 Å². The van der Waals surface area contributed by atoms with Crippen molar-refractivity contribution in [2.24, 2.45) is 5.92 Å². The molecule has 3 aromatic rings. The van der Waals surface area contributed by atoms with Gasteiger partial charge in [-0.25, -0.2) is 9.18 Å². The number of benzene rings is 1. The minimum atomic E-state index is -0.736. The fourth-order valence-electron chi connectivity index (χ4n) is 2.83. The lowest BCUT2D eigenvalue weighted by atomic mass is 10.1. The summed E-state index contributed by atoms with van der Waals surface area (Å²) in [5.41, 5.74) is -0.861.